The summed E-state index contributed by atoms with van der Waals surface area (Å²) < 4.78 is 5.74. The van der Waals surface area contributed by atoms with Gasteiger partial charge in [0.15, 0.2) is 0 Å². The molecule has 1 spiro atoms. The number of phenols is 1. The van der Waals surface area contributed by atoms with Crippen LogP contribution in [0.4, 0.5) is 11.4 Å². The van der Waals surface area contributed by atoms with Gasteiger partial charge in [0.1, 0.15) is 5.75 Å². The summed E-state index contributed by atoms with van der Waals surface area (Å²) in [6.45, 7) is 6.07. The van der Waals surface area contributed by atoms with E-state index in [1.165, 1.54) is 22.2 Å². The molecule has 178 valence electrons. The number of rotatable bonds is 5. The molecule has 0 bridgehead atoms. The number of para-hydroxylation sites is 1. The van der Waals surface area contributed by atoms with E-state index in [0.717, 1.165) is 11.1 Å². The Morgan fingerprint density at radius 2 is 1.86 bits per heavy atom. The van der Waals surface area contributed by atoms with Crippen LogP contribution in [0.15, 0.2) is 65.8 Å². The van der Waals surface area contributed by atoms with E-state index in [9.17, 15) is 19.8 Å². The molecule has 5 rings (SSSR count). The van der Waals surface area contributed by atoms with Crippen molar-refractivity contribution in [1.29, 1.82) is 0 Å². The lowest BCUT2D eigenvalue weighted by Crippen LogP contribution is -2.41. The van der Waals surface area contributed by atoms with Gasteiger partial charge < -0.3 is 14.9 Å². The number of hydrazine groups is 1. The Morgan fingerprint density at radius 1 is 1.09 bits per heavy atom. The number of nitrogens with zero attached hydrogens (tertiary/aromatic N) is 3. The van der Waals surface area contributed by atoms with Gasteiger partial charge in [-0.05, 0) is 67.8 Å². The summed E-state index contributed by atoms with van der Waals surface area (Å²) in [7, 11) is 0. The van der Waals surface area contributed by atoms with Gasteiger partial charge in [0.25, 0.3) is 11.6 Å². The zero-order valence-electron chi connectivity index (χ0n) is 19.4. The topological polar surface area (TPSA) is 124 Å². The smallest absolute Gasteiger partial charge is 0.335 e. The van der Waals surface area contributed by atoms with Crippen LogP contribution >= 0.6 is 0 Å². The van der Waals surface area contributed by atoms with Crippen molar-refractivity contribution in [3.05, 3.63) is 77.4 Å². The number of hydrogen-bond donors (Lipinski definition) is 3. The molecular formula is C26H24N4O5. The molecule has 1 amide bonds. The lowest BCUT2D eigenvalue weighted by atomic mass is 10.0. The molecular weight excluding hydrogens is 448 g/mol. The van der Waals surface area contributed by atoms with Gasteiger partial charge in [0, 0.05) is 5.56 Å². The highest BCUT2D eigenvalue weighted by Crippen LogP contribution is 2.46. The summed E-state index contributed by atoms with van der Waals surface area (Å²) in [5.41, 5.74) is 5.83. The van der Waals surface area contributed by atoms with Crippen molar-refractivity contribution < 1.29 is 24.5 Å². The Hall–Kier alpha value is -4.37. The molecule has 2 heterocycles. The second-order valence-corrected chi connectivity index (χ2v) is 8.44. The third kappa shape index (κ3) is 3.48. The zero-order chi connectivity index (χ0) is 24.9. The molecule has 9 nitrogen and oxygen atoms in total. The molecule has 2 aliphatic heterocycles. The molecule has 0 saturated carbocycles. The number of carboxylic acid groups (broad SMARTS) is 1. The lowest BCUT2D eigenvalue weighted by Gasteiger charge is -2.15. The minimum atomic E-state index is -1.38. The first kappa shape index (κ1) is 22.4. The minimum absolute atomic E-state index is 0.104. The highest BCUT2D eigenvalue weighted by Gasteiger charge is 2.70. The van der Waals surface area contributed by atoms with Crippen LogP contribution < -0.4 is 15.4 Å². The quantitative estimate of drug-likeness (QED) is 0.483. The molecule has 3 N–H and O–H groups in total. The number of carbonyl (C=O) groups is 2. The van der Waals surface area contributed by atoms with Crippen molar-refractivity contribution in [3.63, 3.8) is 0 Å². The molecule has 1 unspecified atom stereocenters. The number of aromatic hydroxyl groups is 1. The first-order valence-corrected chi connectivity index (χ1v) is 11.2. The first-order valence-electron chi connectivity index (χ1n) is 11.2. The summed E-state index contributed by atoms with van der Waals surface area (Å²) >= 11 is 0. The van der Waals surface area contributed by atoms with Crippen LogP contribution in [-0.4, -0.2) is 40.3 Å². The van der Waals surface area contributed by atoms with E-state index in [1.54, 1.807) is 37.3 Å². The van der Waals surface area contributed by atoms with Crippen LogP contribution in [0.5, 0.6) is 5.75 Å². The second kappa shape index (κ2) is 8.14. The van der Waals surface area contributed by atoms with E-state index in [2.05, 4.69) is 10.5 Å². The molecule has 2 aliphatic rings. The molecule has 9 heteroatoms. The summed E-state index contributed by atoms with van der Waals surface area (Å²) in [5.74, 6) is -1.34. The van der Waals surface area contributed by atoms with Gasteiger partial charge in [-0.1, -0.05) is 30.3 Å². The van der Waals surface area contributed by atoms with Gasteiger partial charge in [-0.2, -0.15) is 10.4 Å². The number of hydrazone groups is 1. The zero-order valence-corrected chi connectivity index (χ0v) is 19.4. The fourth-order valence-electron chi connectivity index (χ4n) is 4.18. The minimum Gasteiger partial charge on any atom is -0.505 e. The Balaban J connectivity index is 1.52. The summed E-state index contributed by atoms with van der Waals surface area (Å²) in [5, 5.41) is 27.8. The molecule has 3 aromatic carbocycles. The Morgan fingerprint density at radius 3 is 2.57 bits per heavy atom. The number of aryl methyl sites for hydroxylation is 2. The van der Waals surface area contributed by atoms with Crippen molar-refractivity contribution in [2.75, 3.05) is 16.6 Å². The van der Waals surface area contributed by atoms with E-state index in [1.807, 2.05) is 32.0 Å². The van der Waals surface area contributed by atoms with Gasteiger partial charge in [-0.3, -0.25) is 9.80 Å². The van der Waals surface area contributed by atoms with Crippen molar-refractivity contribution in [2.45, 2.75) is 26.4 Å². The largest absolute Gasteiger partial charge is 0.505 e. The third-order valence-corrected chi connectivity index (χ3v) is 6.25. The fraction of sp³-hybridized carbons (Fsp3) is 0.192. The normalized spacial score (nSPS) is 18.7. The number of phenolic OH excluding ortho intramolecular Hbond substituents is 1. The molecule has 0 radical (unpaired) electrons. The number of aromatic carboxylic acids is 1. The SMILES string of the molecule is CCOC1=NN(c2ccc(C)c(C)c2)C(=O)C12NN2c1cccc(-c2cccc(C(=O)O)c2)c1O. The lowest BCUT2D eigenvalue weighted by molar-refractivity contribution is -0.118. The molecule has 3 aromatic rings. The number of ether oxygens (including phenoxy) is 1. The van der Waals surface area contributed by atoms with E-state index in [-0.39, 0.29) is 23.1 Å². The van der Waals surface area contributed by atoms with Crippen molar-refractivity contribution in [3.8, 4) is 16.9 Å². The molecule has 1 atom stereocenters. The summed E-state index contributed by atoms with van der Waals surface area (Å²) in [6, 6.07) is 17.0. The number of benzene rings is 3. The van der Waals surface area contributed by atoms with Crippen molar-refractivity contribution in [2.24, 2.45) is 5.10 Å². The average molecular weight is 473 g/mol. The van der Waals surface area contributed by atoms with Crippen LogP contribution in [-0.2, 0) is 9.53 Å². The highest BCUT2D eigenvalue weighted by atomic mass is 16.5. The molecule has 35 heavy (non-hydrogen) atoms. The molecule has 0 aliphatic carbocycles. The Labute approximate surface area is 201 Å². The van der Waals surface area contributed by atoms with Crippen LogP contribution in [0.25, 0.3) is 11.1 Å². The number of hydrogen-bond acceptors (Lipinski definition) is 7. The van der Waals surface area contributed by atoms with Crippen LogP contribution in [0, 0.1) is 13.8 Å². The van der Waals surface area contributed by atoms with Crippen LogP contribution in [0.1, 0.15) is 28.4 Å². The van der Waals surface area contributed by atoms with Crippen molar-refractivity contribution >= 4 is 29.1 Å². The van der Waals surface area contributed by atoms with Crippen LogP contribution in [0.3, 0.4) is 0 Å². The van der Waals surface area contributed by atoms with Gasteiger partial charge in [-0.25, -0.2) is 4.79 Å². The first-order chi connectivity index (χ1) is 16.8. The second-order valence-electron chi connectivity index (χ2n) is 8.44. The van der Waals surface area contributed by atoms with Crippen LogP contribution in [0.2, 0.25) is 0 Å². The van der Waals surface area contributed by atoms with E-state index in [0.29, 0.717) is 29.1 Å². The van der Waals surface area contributed by atoms with Gasteiger partial charge in [0.2, 0.25) is 0 Å². The number of carboxylic acids is 1. The predicted molar refractivity (Wildman–Crippen MR) is 131 cm³/mol. The number of amides is 1. The average Bonchev–Trinajstić information content (AvgIpc) is 3.53. The maximum Gasteiger partial charge on any atom is 0.335 e. The van der Waals surface area contributed by atoms with Gasteiger partial charge in [0.05, 0.1) is 23.5 Å². The molecule has 1 saturated heterocycles. The maximum absolute atomic E-state index is 13.6. The van der Waals surface area contributed by atoms with Gasteiger partial charge in [-0.15, -0.1) is 5.10 Å². The molecule has 1 fully saturated rings. The third-order valence-electron chi connectivity index (χ3n) is 6.25. The maximum atomic E-state index is 13.6. The summed E-state index contributed by atoms with van der Waals surface area (Å²) in [6.07, 6.45) is 0. The van der Waals surface area contributed by atoms with E-state index >= 15 is 0 Å². The number of nitrogens with one attached hydrogen (secondary N) is 1. The van der Waals surface area contributed by atoms with E-state index < -0.39 is 11.6 Å². The fourth-order valence-corrected chi connectivity index (χ4v) is 4.18. The van der Waals surface area contributed by atoms with Crippen molar-refractivity contribution in [1.82, 2.24) is 5.43 Å². The summed E-state index contributed by atoms with van der Waals surface area (Å²) in [4.78, 5) is 25.0. The Kier molecular flexibility index (Phi) is 5.21. The highest BCUT2D eigenvalue weighted by molar-refractivity contribution is 6.25. The Bertz CT molecular complexity index is 1400. The molecule has 0 aromatic heterocycles. The number of carbonyl (C=O) groups excluding carboxylic acids is 1. The van der Waals surface area contributed by atoms with E-state index in [4.69, 9.17) is 4.74 Å². The predicted octanol–water partition coefficient (Wildman–Crippen LogP) is 3.79. The van der Waals surface area contributed by atoms with Gasteiger partial charge >= 0.3 is 11.9 Å². The standard InChI is InChI=1S/C26H24N4O5/c1-4-35-24-26(25(34)29(27-24)19-12-11-15(2)16(3)13-19)28-30(26)21-10-6-9-20(22(21)31)17-7-5-8-18(14-17)23(32)33/h5-14,28,31H,4H2,1-3H3,(H,32,33). The number of anilines is 2. The monoisotopic (exact) mass is 472 g/mol.